The SMILES string of the molecule is C=CCCCCCC[CH2][InH][C](=O)O. The number of carbonyl (C=O) groups is 1. The third kappa shape index (κ3) is 12.1. The van der Waals surface area contributed by atoms with Crippen molar-refractivity contribution in [3.8, 4) is 0 Å². The average molecular weight is 286 g/mol. The Kier molecular flexibility index (Phi) is 10.2. The summed E-state index contributed by atoms with van der Waals surface area (Å²) in [6.45, 7) is 3.67. The Morgan fingerprint density at radius 1 is 1.23 bits per heavy atom. The van der Waals surface area contributed by atoms with Crippen molar-refractivity contribution >= 4 is 26.6 Å². The summed E-state index contributed by atoms with van der Waals surface area (Å²) in [5.74, 6) is 0. The van der Waals surface area contributed by atoms with Crippen LogP contribution >= 0.6 is 0 Å². The van der Waals surface area contributed by atoms with Gasteiger partial charge in [-0.1, -0.05) is 0 Å². The van der Waals surface area contributed by atoms with Crippen LogP contribution in [0.3, 0.4) is 0 Å². The van der Waals surface area contributed by atoms with Crippen LogP contribution in [0.25, 0.3) is 0 Å². The summed E-state index contributed by atoms with van der Waals surface area (Å²) in [6.07, 6.45) is 9.23. The molecule has 0 aliphatic rings. The van der Waals surface area contributed by atoms with Gasteiger partial charge in [0.05, 0.1) is 0 Å². The van der Waals surface area contributed by atoms with Crippen molar-refractivity contribution in [2.24, 2.45) is 0 Å². The van der Waals surface area contributed by atoms with E-state index in [0.29, 0.717) is 0 Å². The molecule has 0 aliphatic heterocycles. The standard InChI is InChI=1S/C9H17.CHO2.In.H/c1-3-5-7-9-8-6-4-2;2-1-3;;/h3H,1-2,4-9H2;(H,2,3);;. The molecule has 1 N–H and O–H groups in total. The molecule has 0 atom stereocenters. The van der Waals surface area contributed by atoms with E-state index in [-0.39, 0.29) is 0 Å². The molecule has 0 aromatic carbocycles. The molecule has 3 heteroatoms. The normalized spacial score (nSPS) is 9.54. The van der Waals surface area contributed by atoms with E-state index in [0.717, 1.165) is 17.0 Å². The van der Waals surface area contributed by atoms with Crippen LogP contribution in [0.1, 0.15) is 38.5 Å². The first-order valence-corrected chi connectivity index (χ1v) is 9.97. The quantitative estimate of drug-likeness (QED) is 0.522. The van der Waals surface area contributed by atoms with E-state index >= 15 is 0 Å². The average Bonchev–Trinajstić information content (AvgIpc) is 2.09. The minimum absolute atomic E-state index is 0.464. The first-order chi connectivity index (χ1) is 6.27. The Bertz CT molecular complexity index is 146. The number of carboxylic acid groups (broad SMARTS) is 1. The second-order valence-corrected chi connectivity index (χ2v) is 8.51. The molecule has 13 heavy (non-hydrogen) atoms. The second-order valence-electron chi connectivity index (χ2n) is 3.34. The van der Waals surface area contributed by atoms with Gasteiger partial charge in [-0.05, 0) is 0 Å². The van der Waals surface area contributed by atoms with Gasteiger partial charge in [-0.3, -0.25) is 0 Å². The molecule has 0 aromatic heterocycles. The topological polar surface area (TPSA) is 37.3 Å². The predicted octanol–water partition coefficient (Wildman–Crippen LogP) is 3.05. The first-order valence-electron chi connectivity index (χ1n) is 5.10. The molecule has 0 radical (unpaired) electrons. The molecule has 0 saturated heterocycles. The van der Waals surface area contributed by atoms with Gasteiger partial charge in [0, 0.05) is 0 Å². The monoisotopic (exact) mass is 286 g/mol. The van der Waals surface area contributed by atoms with Crippen LogP contribution < -0.4 is 0 Å². The van der Waals surface area contributed by atoms with Gasteiger partial charge in [0.1, 0.15) is 0 Å². The van der Waals surface area contributed by atoms with Crippen molar-refractivity contribution in [1.82, 2.24) is 0 Å². The van der Waals surface area contributed by atoms with E-state index in [4.69, 9.17) is 5.11 Å². The van der Waals surface area contributed by atoms with Gasteiger partial charge in [0.15, 0.2) is 0 Å². The molecule has 2 nitrogen and oxygen atoms in total. The molecule has 0 aromatic rings. The van der Waals surface area contributed by atoms with Crippen LogP contribution in [-0.4, -0.2) is 31.7 Å². The summed E-state index contributed by atoms with van der Waals surface area (Å²) in [5.41, 5.74) is 0. The third-order valence-corrected chi connectivity index (χ3v) is 5.71. The van der Waals surface area contributed by atoms with Gasteiger partial charge in [-0.2, -0.15) is 0 Å². The van der Waals surface area contributed by atoms with Gasteiger partial charge in [-0.25, -0.2) is 0 Å². The Balaban J connectivity index is 2.91. The van der Waals surface area contributed by atoms with Gasteiger partial charge in [-0.15, -0.1) is 0 Å². The zero-order valence-corrected chi connectivity index (χ0v) is 12.3. The van der Waals surface area contributed by atoms with E-state index < -0.39 is 26.6 Å². The first kappa shape index (κ1) is 13.1. The molecule has 0 spiro atoms. The van der Waals surface area contributed by atoms with E-state index in [1.165, 1.54) is 25.7 Å². The van der Waals surface area contributed by atoms with Crippen molar-refractivity contribution in [2.45, 2.75) is 42.7 Å². The molecule has 0 amide bonds. The fraction of sp³-hybridized carbons (Fsp3) is 0.700. The number of allylic oxidation sites excluding steroid dienone is 1. The van der Waals surface area contributed by atoms with Crippen molar-refractivity contribution in [3.05, 3.63) is 12.7 Å². The fourth-order valence-electron chi connectivity index (χ4n) is 1.27. The van der Waals surface area contributed by atoms with Crippen molar-refractivity contribution < 1.29 is 9.90 Å². The molecular weight excluding hydrogens is 267 g/mol. The molecule has 0 saturated carbocycles. The summed E-state index contributed by atoms with van der Waals surface area (Å²) >= 11 is -1.37. The number of hydrogen-bond acceptors (Lipinski definition) is 1. The molecule has 0 heterocycles. The van der Waals surface area contributed by atoms with Crippen molar-refractivity contribution in [1.29, 1.82) is 0 Å². The van der Waals surface area contributed by atoms with Gasteiger partial charge < -0.3 is 0 Å². The Morgan fingerprint density at radius 2 is 1.85 bits per heavy atom. The maximum absolute atomic E-state index is 10.3. The van der Waals surface area contributed by atoms with E-state index in [2.05, 4.69) is 6.58 Å². The van der Waals surface area contributed by atoms with Crippen LogP contribution in [0.15, 0.2) is 12.7 Å². The van der Waals surface area contributed by atoms with E-state index in [1.807, 2.05) is 6.08 Å². The van der Waals surface area contributed by atoms with Crippen LogP contribution in [0.2, 0.25) is 4.18 Å². The summed E-state index contributed by atoms with van der Waals surface area (Å²) < 4.78 is 0.576. The van der Waals surface area contributed by atoms with Gasteiger partial charge in [0.2, 0.25) is 0 Å². The third-order valence-electron chi connectivity index (χ3n) is 2.05. The van der Waals surface area contributed by atoms with Crippen LogP contribution in [0, 0.1) is 0 Å². The summed E-state index contributed by atoms with van der Waals surface area (Å²) in [5, 5.41) is 8.47. The molecule has 0 unspecified atom stereocenters. The van der Waals surface area contributed by atoms with E-state index in [1.54, 1.807) is 0 Å². The molecule has 0 rings (SSSR count). The zero-order chi connectivity index (χ0) is 9.94. The van der Waals surface area contributed by atoms with Gasteiger partial charge in [0.25, 0.3) is 0 Å². The summed E-state index contributed by atoms with van der Waals surface area (Å²) in [6, 6.07) is 0. The summed E-state index contributed by atoms with van der Waals surface area (Å²) in [7, 11) is 0. The van der Waals surface area contributed by atoms with E-state index in [9.17, 15) is 4.79 Å². The molecule has 0 fully saturated rings. The van der Waals surface area contributed by atoms with Crippen LogP contribution in [0.4, 0.5) is 4.79 Å². The van der Waals surface area contributed by atoms with Crippen LogP contribution in [-0.2, 0) is 0 Å². The van der Waals surface area contributed by atoms with Crippen molar-refractivity contribution in [3.63, 3.8) is 0 Å². The van der Waals surface area contributed by atoms with Gasteiger partial charge >= 0.3 is 91.9 Å². The number of unbranched alkanes of at least 4 members (excludes halogenated alkanes) is 5. The number of rotatable bonds is 9. The fourth-order valence-corrected chi connectivity index (χ4v) is 3.86. The minimum atomic E-state index is -1.37. The molecule has 74 valence electrons. The molecule has 0 aliphatic carbocycles. The summed E-state index contributed by atoms with van der Waals surface area (Å²) in [4.78, 5) is 10.3. The number of hydrogen-bond donors (Lipinski definition) is 1. The van der Waals surface area contributed by atoms with Crippen molar-refractivity contribution in [2.75, 3.05) is 0 Å². The van der Waals surface area contributed by atoms with Crippen LogP contribution in [0.5, 0.6) is 0 Å². The Morgan fingerprint density at radius 3 is 2.46 bits per heavy atom. The molecule has 0 bridgehead atoms. The Labute approximate surface area is 91.8 Å². The molecular formula is C10H19InO2. The predicted molar refractivity (Wildman–Crippen MR) is 57.9 cm³/mol. The zero-order valence-electron chi connectivity index (χ0n) is 8.30. The second kappa shape index (κ2) is 10.2. The Hall–Kier alpha value is 0.0801. The maximum atomic E-state index is 10.3.